The van der Waals surface area contributed by atoms with Crippen LogP contribution in [0.5, 0.6) is 0 Å². The average molecular weight is 455 g/mol. The first kappa shape index (κ1) is 27.3. The first-order valence-corrected chi connectivity index (χ1v) is 4.47. The van der Waals surface area contributed by atoms with Crippen LogP contribution in [0.3, 0.4) is 0 Å². The van der Waals surface area contributed by atoms with Crippen molar-refractivity contribution in [3.8, 4) is 0 Å². The maximum Gasteiger partial charge on any atom is 0.0222 e. The molecule has 1 aromatic heterocycles. The molecule has 5 heteroatoms. The molecule has 0 aliphatic heterocycles. The Labute approximate surface area is 180 Å². The van der Waals surface area contributed by atoms with Crippen molar-refractivity contribution in [3.63, 3.8) is 0 Å². The molecule has 1 heterocycles. The largest absolute Gasteiger partial charge is 0.370 e. The van der Waals surface area contributed by atoms with E-state index < -0.39 is 0 Å². The summed E-state index contributed by atoms with van der Waals surface area (Å²) in [5.74, 6) is 0. The van der Waals surface area contributed by atoms with Gasteiger partial charge in [0.15, 0.2) is 0 Å². The molecule has 0 bridgehead atoms. The second-order valence-electron chi connectivity index (χ2n) is 2.43. The smallest absolute Gasteiger partial charge is 0.0222 e. The maximum atomic E-state index is 4.01. The third-order valence-corrected chi connectivity index (χ3v) is 1.68. The molecule has 0 unspecified atom stereocenters. The van der Waals surface area contributed by atoms with Crippen LogP contribution in [0.2, 0.25) is 0 Å². The normalized spacial score (nSPS) is 7.00. The van der Waals surface area contributed by atoms with Gasteiger partial charge < -0.3 is 17.4 Å². The molecule has 0 amide bonds. The third-order valence-electron chi connectivity index (χ3n) is 1.68. The number of para-hydroxylation sites is 1. The van der Waals surface area contributed by atoms with Gasteiger partial charge in [-0.1, -0.05) is 56.1 Å². The Bertz CT molecular complexity index is 389. The van der Waals surface area contributed by atoms with Gasteiger partial charge in [0.1, 0.15) is 0 Å². The van der Waals surface area contributed by atoms with Crippen molar-refractivity contribution < 1.29 is 98.1 Å². The van der Waals surface area contributed by atoms with Gasteiger partial charge in [-0.2, -0.15) is 0 Å². The van der Waals surface area contributed by atoms with Gasteiger partial charge in [-0.15, -0.1) is 0 Å². The molecule has 0 atom stereocenters. The van der Waals surface area contributed by atoms with Gasteiger partial charge >= 0.3 is 0 Å². The number of aryl methyl sites for hydroxylation is 1. The molecule has 0 N–H and O–H groups in total. The summed E-state index contributed by atoms with van der Waals surface area (Å²) in [4.78, 5) is 7.98. The zero-order chi connectivity index (χ0) is 9.68. The van der Waals surface area contributed by atoms with Crippen molar-refractivity contribution in [2.24, 2.45) is 0 Å². The van der Waals surface area contributed by atoms with E-state index in [2.05, 4.69) is 16.3 Å². The van der Waals surface area contributed by atoms with E-state index in [-0.39, 0.29) is 106 Å². The first-order valence-electron chi connectivity index (χ1n) is 4.47. The van der Waals surface area contributed by atoms with Crippen LogP contribution >= 0.6 is 0 Å². The molecule has 0 saturated carbocycles. The minimum atomic E-state index is 0. The van der Waals surface area contributed by atoms with E-state index in [1.165, 1.54) is 0 Å². The zero-order valence-electron chi connectivity index (χ0n) is 10.9. The average Bonchev–Trinajstić information content (AvgIpc) is 2.22. The summed E-state index contributed by atoms with van der Waals surface area (Å²) in [7, 11) is 0. The molecule has 2 nitrogen and oxygen atoms in total. The van der Waals surface area contributed by atoms with Crippen LogP contribution in [0.25, 0.3) is 10.9 Å². The fraction of sp³-hybridized carbons (Fsp3) is 0.250. The van der Waals surface area contributed by atoms with Gasteiger partial charge in [-0.05, 0) is 5.52 Å². The number of aromatic nitrogens is 2. The van der Waals surface area contributed by atoms with Gasteiger partial charge in [0.05, 0.1) is 0 Å². The van der Waals surface area contributed by atoms with E-state index in [9.17, 15) is 0 Å². The number of benzene rings is 1. The van der Waals surface area contributed by atoms with Crippen molar-refractivity contribution in [3.05, 3.63) is 43.7 Å². The minimum absolute atomic E-state index is 0. The summed E-state index contributed by atoms with van der Waals surface area (Å²) < 4.78 is 0. The second-order valence-corrected chi connectivity index (χ2v) is 2.43. The van der Waals surface area contributed by atoms with Gasteiger partial charge in [0.25, 0.3) is 0 Å². The molecule has 0 aliphatic carbocycles. The summed E-state index contributed by atoms with van der Waals surface area (Å²) in [6, 6.07) is 7.92. The monoisotopic (exact) mass is 455 g/mol. The van der Waals surface area contributed by atoms with Gasteiger partial charge in [-0.3, -0.25) is 0 Å². The molecular weight excluding hydrogens is 439 g/mol. The first-order chi connectivity index (χ1) is 6.38. The minimum Gasteiger partial charge on any atom is -0.370 e. The summed E-state index contributed by atoms with van der Waals surface area (Å²) >= 11 is 0. The SMILES string of the molecule is CC.Cc1n[c-]nc2ccccc12.[CH3-].[Y].[Y].[Y]. The van der Waals surface area contributed by atoms with Gasteiger partial charge in [0.2, 0.25) is 0 Å². The van der Waals surface area contributed by atoms with Crippen molar-refractivity contribution in [2.75, 3.05) is 0 Å². The molecule has 0 saturated heterocycles. The Morgan fingerprint density at radius 2 is 1.47 bits per heavy atom. The van der Waals surface area contributed by atoms with Gasteiger partial charge in [-0.25, -0.2) is 0 Å². The fourth-order valence-corrected chi connectivity index (χ4v) is 1.09. The standard InChI is InChI=1S/C9H7N2.C2H6.CH3.3Y/c1-7-8-4-2-3-5-9(8)11-6-10-7;1-2;;;;/h2-5H,1H3;1-2H3;1H3;;;/q-1;;-1;;;. The molecule has 0 fully saturated rings. The molecule has 1 aromatic carbocycles. The third kappa shape index (κ3) is 8.61. The number of hydrogen-bond acceptors (Lipinski definition) is 2. The summed E-state index contributed by atoms with van der Waals surface area (Å²) in [6.07, 6.45) is 2.60. The molecule has 0 aliphatic rings. The van der Waals surface area contributed by atoms with Crippen molar-refractivity contribution in [1.29, 1.82) is 0 Å². The van der Waals surface area contributed by atoms with Crippen LogP contribution in [0.1, 0.15) is 19.5 Å². The van der Waals surface area contributed by atoms with E-state index in [1.807, 2.05) is 45.0 Å². The van der Waals surface area contributed by atoms with E-state index in [4.69, 9.17) is 0 Å². The van der Waals surface area contributed by atoms with Crippen LogP contribution in [0.4, 0.5) is 0 Å². The predicted molar refractivity (Wildman–Crippen MR) is 60.9 cm³/mol. The van der Waals surface area contributed by atoms with E-state index >= 15 is 0 Å². The summed E-state index contributed by atoms with van der Waals surface area (Å²) in [6.45, 7) is 5.96. The topological polar surface area (TPSA) is 25.8 Å². The molecular formula is C12H16N2Y3-2. The Kier molecular flexibility index (Phi) is 25.5. The Hall–Kier alpha value is 1.87. The fourth-order valence-electron chi connectivity index (χ4n) is 1.09. The van der Waals surface area contributed by atoms with Crippen molar-refractivity contribution in [1.82, 2.24) is 9.97 Å². The Morgan fingerprint density at radius 1 is 0.941 bits per heavy atom. The van der Waals surface area contributed by atoms with Crippen LogP contribution in [-0.4, -0.2) is 9.97 Å². The van der Waals surface area contributed by atoms with E-state index in [0.29, 0.717) is 0 Å². The number of nitrogens with zero attached hydrogens (tertiary/aromatic N) is 2. The maximum absolute atomic E-state index is 4.01. The van der Waals surface area contributed by atoms with E-state index in [0.717, 1.165) is 16.6 Å². The Balaban J connectivity index is -0.000000134. The van der Waals surface area contributed by atoms with Crippen LogP contribution < -0.4 is 0 Å². The van der Waals surface area contributed by atoms with Crippen LogP contribution in [-0.2, 0) is 98.1 Å². The number of hydrogen-bond donors (Lipinski definition) is 0. The molecule has 2 aromatic rings. The van der Waals surface area contributed by atoms with Crippen molar-refractivity contribution >= 4 is 10.9 Å². The molecule has 0 spiro atoms. The quantitative estimate of drug-likeness (QED) is 0.571. The molecule has 17 heavy (non-hydrogen) atoms. The van der Waals surface area contributed by atoms with E-state index in [1.54, 1.807) is 0 Å². The summed E-state index contributed by atoms with van der Waals surface area (Å²) in [5, 5.41) is 1.10. The molecule has 2 rings (SSSR count). The second kappa shape index (κ2) is 15.9. The van der Waals surface area contributed by atoms with Crippen molar-refractivity contribution in [2.45, 2.75) is 20.8 Å². The van der Waals surface area contributed by atoms with Gasteiger partial charge in [0, 0.05) is 104 Å². The van der Waals surface area contributed by atoms with Crippen LogP contribution in [0.15, 0.2) is 24.3 Å². The Morgan fingerprint density at radius 3 is 2.00 bits per heavy atom. The molecule has 3 radical (unpaired) electrons. The van der Waals surface area contributed by atoms with Crippen LogP contribution in [0, 0.1) is 20.7 Å². The molecule has 85 valence electrons. The number of fused-ring (bicyclic) bond motifs is 1. The summed E-state index contributed by atoms with van der Waals surface area (Å²) in [5.41, 5.74) is 1.94. The number of rotatable bonds is 0. The predicted octanol–water partition coefficient (Wildman–Crippen LogP) is 3.21. The zero-order valence-corrected chi connectivity index (χ0v) is 19.5.